The molecule has 4 heterocycles. The van der Waals surface area contributed by atoms with Gasteiger partial charge in [-0.05, 0) is 30.9 Å². The number of nitrogens with one attached hydrogen (secondary N) is 1. The minimum Gasteiger partial charge on any atom is -0.431 e. The first-order valence-corrected chi connectivity index (χ1v) is 11.7. The molecular formula is C21H26N6O3S. The van der Waals surface area contributed by atoms with E-state index in [1.165, 1.54) is 4.90 Å². The summed E-state index contributed by atoms with van der Waals surface area (Å²) in [6.45, 7) is 4.68. The van der Waals surface area contributed by atoms with E-state index < -0.39 is 18.2 Å². The van der Waals surface area contributed by atoms with Crippen molar-refractivity contribution >= 4 is 40.8 Å². The molecule has 2 fully saturated rings. The zero-order valence-electron chi connectivity index (χ0n) is 17.7. The van der Waals surface area contributed by atoms with Crippen molar-refractivity contribution in [1.29, 1.82) is 0 Å². The third kappa shape index (κ3) is 3.73. The van der Waals surface area contributed by atoms with Crippen molar-refractivity contribution in [3.63, 3.8) is 0 Å². The Morgan fingerprint density at radius 1 is 1.26 bits per heavy atom. The number of imide groups is 1. The number of oxazole rings is 1. The average molecular weight is 443 g/mol. The second-order valence-corrected chi connectivity index (χ2v) is 9.37. The Morgan fingerprint density at radius 3 is 2.81 bits per heavy atom. The van der Waals surface area contributed by atoms with E-state index in [2.05, 4.69) is 27.0 Å². The van der Waals surface area contributed by atoms with Crippen LogP contribution in [0.3, 0.4) is 0 Å². The molecule has 0 bridgehead atoms. The van der Waals surface area contributed by atoms with Gasteiger partial charge in [-0.2, -0.15) is 0 Å². The predicted molar refractivity (Wildman–Crippen MR) is 118 cm³/mol. The number of amides is 3. The summed E-state index contributed by atoms with van der Waals surface area (Å²) in [7, 11) is 1.70. The molecule has 3 aliphatic heterocycles. The lowest BCUT2D eigenvalue weighted by Crippen LogP contribution is -2.64. The molecule has 2 aromatic rings. The van der Waals surface area contributed by atoms with Crippen LogP contribution >= 0.6 is 11.8 Å². The second kappa shape index (κ2) is 8.07. The normalized spacial score (nSPS) is 24.6. The van der Waals surface area contributed by atoms with Gasteiger partial charge in [0, 0.05) is 32.4 Å². The number of hydrogen-bond donors (Lipinski definition) is 1. The van der Waals surface area contributed by atoms with Crippen molar-refractivity contribution in [2.24, 2.45) is 10.9 Å². The van der Waals surface area contributed by atoms with Crippen molar-refractivity contribution in [2.75, 3.05) is 32.4 Å². The number of guanidine groups is 1. The number of benzene rings is 1. The van der Waals surface area contributed by atoms with Gasteiger partial charge in [0.25, 0.3) is 11.1 Å². The van der Waals surface area contributed by atoms with Crippen LogP contribution in [0.2, 0.25) is 0 Å². The summed E-state index contributed by atoms with van der Waals surface area (Å²) in [5.41, 5.74) is 1.64. The largest absolute Gasteiger partial charge is 0.431 e. The number of likely N-dealkylation sites (tertiary alicyclic amines) is 1. The Bertz CT molecular complexity index is 1000. The molecule has 5 rings (SSSR count). The highest BCUT2D eigenvalue weighted by Crippen LogP contribution is 2.30. The minimum atomic E-state index is -0.491. The van der Waals surface area contributed by atoms with E-state index in [-0.39, 0.29) is 11.8 Å². The zero-order valence-corrected chi connectivity index (χ0v) is 18.5. The molecule has 164 valence electrons. The van der Waals surface area contributed by atoms with Gasteiger partial charge in [-0.25, -0.2) is 14.8 Å². The molecule has 0 radical (unpaired) electrons. The SMILES string of the molecule is CC(CSc1nc2ccccc2o1)CN1C(N2CCCC2)=NC2C1C(=O)NC(=O)N2C. The first kappa shape index (κ1) is 20.2. The Hall–Kier alpha value is -2.75. The van der Waals surface area contributed by atoms with Crippen LogP contribution in [-0.4, -0.2) is 82.2 Å². The van der Waals surface area contributed by atoms with E-state index in [9.17, 15) is 9.59 Å². The quantitative estimate of drug-likeness (QED) is 0.710. The number of nitrogens with zero attached hydrogens (tertiary/aromatic N) is 5. The van der Waals surface area contributed by atoms with Gasteiger partial charge in [-0.15, -0.1) is 0 Å². The van der Waals surface area contributed by atoms with Crippen molar-refractivity contribution in [3.05, 3.63) is 24.3 Å². The summed E-state index contributed by atoms with van der Waals surface area (Å²) in [6, 6.07) is 6.85. The molecule has 10 heteroatoms. The number of thioether (sulfide) groups is 1. The van der Waals surface area contributed by atoms with Crippen LogP contribution in [0.5, 0.6) is 0 Å². The van der Waals surface area contributed by atoms with Gasteiger partial charge < -0.3 is 19.1 Å². The van der Waals surface area contributed by atoms with Crippen molar-refractivity contribution in [3.8, 4) is 0 Å². The highest BCUT2D eigenvalue weighted by Gasteiger charge is 2.50. The smallest absolute Gasteiger partial charge is 0.325 e. The molecule has 3 unspecified atom stereocenters. The Kier molecular flexibility index (Phi) is 5.25. The minimum absolute atomic E-state index is 0.252. The molecule has 0 saturated carbocycles. The highest BCUT2D eigenvalue weighted by molar-refractivity contribution is 7.99. The van der Waals surface area contributed by atoms with Crippen LogP contribution in [0.4, 0.5) is 4.79 Å². The molecule has 1 aromatic carbocycles. The van der Waals surface area contributed by atoms with Gasteiger partial charge in [-0.3, -0.25) is 10.1 Å². The molecule has 0 spiro atoms. The van der Waals surface area contributed by atoms with E-state index >= 15 is 0 Å². The van der Waals surface area contributed by atoms with E-state index in [0.29, 0.717) is 11.8 Å². The van der Waals surface area contributed by atoms with Crippen LogP contribution in [-0.2, 0) is 4.79 Å². The van der Waals surface area contributed by atoms with Crippen LogP contribution < -0.4 is 5.32 Å². The van der Waals surface area contributed by atoms with Gasteiger partial charge in [0.2, 0.25) is 0 Å². The lowest BCUT2D eigenvalue weighted by atomic mass is 10.1. The number of urea groups is 1. The highest BCUT2D eigenvalue weighted by atomic mass is 32.2. The topological polar surface area (TPSA) is 94.3 Å². The molecule has 3 amide bonds. The van der Waals surface area contributed by atoms with E-state index in [1.54, 1.807) is 18.8 Å². The Morgan fingerprint density at radius 2 is 2.03 bits per heavy atom. The molecule has 1 aromatic heterocycles. The number of likely N-dealkylation sites (N-methyl/N-ethyl adjacent to an activating group) is 1. The number of fused-ring (bicyclic) bond motifs is 2. The predicted octanol–water partition coefficient (Wildman–Crippen LogP) is 2.20. The number of aliphatic imine (C=N–C) groups is 1. The first-order chi connectivity index (χ1) is 15.0. The second-order valence-electron chi connectivity index (χ2n) is 8.40. The van der Waals surface area contributed by atoms with E-state index in [4.69, 9.17) is 9.41 Å². The summed E-state index contributed by atoms with van der Waals surface area (Å²) in [5, 5.41) is 3.13. The third-order valence-corrected chi connectivity index (χ3v) is 7.16. The zero-order chi connectivity index (χ0) is 21.5. The summed E-state index contributed by atoms with van der Waals surface area (Å²) < 4.78 is 5.82. The van der Waals surface area contributed by atoms with Crippen molar-refractivity contribution in [2.45, 2.75) is 37.2 Å². The first-order valence-electron chi connectivity index (χ1n) is 10.7. The third-order valence-electron chi connectivity index (χ3n) is 6.00. The van der Waals surface area contributed by atoms with Crippen molar-refractivity contribution in [1.82, 2.24) is 25.0 Å². The Balaban J connectivity index is 1.31. The van der Waals surface area contributed by atoms with Gasteiger partial charge in [0.1, 0.15) is 5.52 Å². The molecule has 3 aliphatic rings. The molecule has 9 nitrogen and oxygen atoms in total. The summed E-state index contributed by atoms with van der Waals surface area (Å²) in [6.07, 6.45) is 1.76. The van der Waals surface area contributed by atoms with Gasteiger partial charge in [0.05, 0.1) is 0 Å². The number of carbonyl (C=O) groups is 2. The summed E-state index contributed by atoms with van der Waals surface area (Å²) in [5.74, 6) is 1.61. The Labute approximate surface area is 184 Å². The van der Waals surface area contributed by atoms with Gasteiger partial charge in [-0.1, -0.05) is 30.8 Å². The van der Waals surface area contributed by atoms with E-state index in [1.807, 2.05) is 24.3 Å². The fraction of sp³-hybridized carbons (Fsp3) is 0.524. The lowest BCUT2D eigenvalue weighted by Gasteiger charge is -2.38. The number of hydrogen-bond acceptors (Lipinski definition) is 8. The number of para-hydroxylation sites is 2. The fourth-order valence-corrected chi connectivity index (χ4v) is 5.25. The van der Waals surface area contributed by atoms with Crippen LogP contribution in [0, 0.1) is 5.92 Å². The number of rotatable bonds is 5. The summed E-state index contributed by atoms with van der Waals surface area (Å²) in [4.78, 5) is 40.1. The maximum atomic E-state index is 12.7. The maximum absolute atomic E-state index is 12.7. The molecule has 3 atom stereocenters. The van der Waals surface area contributed by atoms with Crippen LogP contribution in [0.25, 0.3) is 11.1 Å². The van der Waals surface area contributed by atoms with Crippen LogP contribution in [0.1, 0.15) is 19.8 Å². The molecule has 31 heavy (non-hydrogen) atoms. The lowest BCUT2D eigenvalue weighted by molar-refractivity contribution is -0.127. The average Bonchev–Trinajstić information content (AvgIpc) is 3.48. The number of aromatic nitrogens is 1. The molecular weight excluding hydrogens is 416 g/mol. The van der Waals surface area contributed by atoms with E-state index in [0.717, 1.165) is 48.7 Å². The molecule has 0 aliphatic carbocycles. The monoisotopic (exact) mass is 442 g/mol. The molecule has 1 N–H and O–H groups in total. The fourth-order valence-electron chi connectivity index (χ4n) is 4.40. The van der Waals surface area contributed by atoms with Crippen LogP contribution in [0.15, 0.2) is 38.9 Å². The summed E-state index contributed by atoms with van der Waals surface area (Å²) >= 11 is 1.58. The maximum Gasteiger partial charge on any atom is 0.325 e. The van der Waals surface area contributed by atoms with Crippen molar-refractivity contribution < 1.29 is 14.0 Å². The molecule has 2 saturated heterocycles. The van der Waals surface area contributed by atoms with Gasteiger partial charge >= 0.3 is 6.03 Å². The standard InChI is InChI=1S/C21H26N6O3S/c1-13(12-31-21-22-14-7-3-4-8-15(14)30-21)11-27-16-17(25(2)20(29)24-18(16)28)23-19(27)26-9-5-6-10-26/h3-4,7-8,13,16-17H,5-6,9-12H2,1-2H3,(H,24,28,29). The van der Waals surface area contributed by atoms with Gasteiger partial charge in [0.15, 0.2) is 23.8 Å². The number of carbonyl (C=O) groups excluding carboxylic acids is 2.